The van der Waals surface area contributed by atoms with E-state index in [1.54, 1.807) is 7.11 Å². The molecular formula is C20H27NO5. The van der Waals surface area contributed by atoms with Crippen molar-refractivity contribution >= 4 is 17.6 Å². The summed E-state index contributed by atoms with van der Waals surface area (Å²) in [4.78, 5) is 23.6. The van der Waals surface area contributed by atoms with Crippen LogP contribution in [0.15, 0.2) is 11.6 Å². The number of cyclic esters (lactones) is 1. The van der Waals surface area contributed by atoms with Crippen LogP contribution in [0.4, 0.5) is 5.69 Å². The normalized spacial score (nSPS) is 13.4. The Labute approximate surface area is 154 Å². The smallest absolute Gasteiger partial charge is 0.341 e. The number of ether oxygens (including phenoxy) is 3. The largest absolute Gasteiger partial charge is 0.496 e. The van der Waals surface area contributed by atoms with Crippen LogP contribution in [-0.2, 0) is 27.3 Å². The predicted molar refractivity (Wildman–Crippen MR) is 99.2 cm³/mol. The molecule has 0 bridgehead atoms. The first-order valence-corrected chi connectivity index (χ1v) is 8.86. The van der Waals surface area contributed by atoms with Gasteiger partial charge in [0.2, 0.25) is 0 Å². The Balaban J connectivity index is 2.16. The van der Waals surface area contributed by atoms with E-state index in [1.165, 1.54) is 0 Å². The van der Waals surface area contributed by atoms with E-state index in [2.05, 4.69) is 0 Å². The zero-order valence-corrected chi connectivity index (χ0v) is 15.9. The van der Waals surface area contributed by atoms with Gasteiger partial charge in [-0.1, -0.05) is 18.6 Å². The van der Waals surface area contributed by atoms with Gasteiger partial charge in [-0.15, -0.1) is 0 Å². The number of carbonyl (C=O) groups is 2. The Hall–Kier alpha value is -2.50. The Bertz CT molecular complexity index is 736. The van der Waals surface area contributed by atoms with Crippen LogP contribution in [0.5, 0.6) is 5.75 Å². The van der Waals surface area contributed by atoms with E-state index in [9.17, 15) is 9.59 Å². The molecule has 0 aliphatic carbocycles. The van der Waals surface area contributed by atoms with Crippen molar-refractivity contribution in [2.24, 2.45) is 0 Å². The first-order valence-electron chi connectivity index (χ1n) is 8.86. The van der Waals surface area contributed by atoms with Gasteiger partial charge >= 0.3 is 11.9 Å². The summed E-state index contributed by atoms with van der Waals surface area (Å²) in [5.74, 6) is 0.114. The molecule has 2 rings (SSSR count). The van der Waals surface area contributed by atoms with Gasteiger partial charge in [-0.3, -0.25) is 4.79 Å². The van der Waals surface area contributed by atoms with Gasteiger partial charge in [-0.2, -0.15) is 0 Å². The molecule has 26 heavy (non-hydrogen) atoms. The third kappa shape index (κ3) is 4.18. The summed E-state index contributed by atoms with van der Waals surface area (Å²) in [5.41, 5.74) is 10.6. The molecular weight excluding hydrogens is 334 g/mol. The van der Waals surface area contributed by atoms with Crippen LogP contribution in [0.1, 0.15) is 60.2 Å². The summed E-state index contributed by atoms with van der Waals surface area (Å²) < 4.78 is 15.7. The quantitative estimate of drug-likeness (QED) is 0.433. The standard InChI is InChI=1S/C20H27NO5/c1-5-10-25-16(22)9-7-12(2)6-8-14-18(21)17-15(11-26-20(17)23)13(3)19(14)24-4/h6H,5,7-11,21H2,1-4H3/b12-6+. The first-order chi connectivity index (χ1) is 12.4. The fourth-order valence-corrected chi connectivity index (χ4v) is 3.05. The average molecular weight is 361 g/mol. The van der Waals surface area contributed by atoms with E-state index >= 15 is 0 Å². The number of nitrogens with two attached hydrogens (primary N) is 1. The number of esters is 2. The molecule has 0 atom stereocenters. The number of allylic oxidation sites excluding steroid dienone is 2. The third-order valence-corrected chi connectivity index (χ3v) is 4.56. The SMILES string of the molecule is CCCOC(=O)CC/C(C)=C/Cc1c(N)c2c(c(C)c1OC)COC2=O. The highest BCUT2D eigenvalue weighted by atomic mass is 16.5. The summed E-state index contributed by atoms with van der Waals surface area (Å²) in [5, 5.41) is 0. The number of hydrogen-bond donors (Lipinski definition) is 1. The van der Waals surface area contributed by atoms with Gasteiger partial charge in [0.1, 0.15) is 12.4 Å². The number of methoxy groups -OCH3 is 1. The monoisotopic (exact) mass is 361 g/mol. The van der Waals surface area contributed by atoms with Crippen LogP contribution in [-0.4, -0.2) is 25.7 Å². The summed E-state index contributed by atoms with van der Waals surface area (Å²) in [6.45, 7) is 6.52. The molecule has 0 radical (unpaired) electrons. The minimum atomic E-state index is -0.385. The number of rotatable bonds is 8. The van der Waals surface area contributed by atoms with Gasteiger partial charge in [0.05, 0.1) is 25.0 Å². The second-order valence-electron chi connectivity index (χ2n) is 6.46. The summed E-state index contributed by atoms with van der Waals surface area (Å²) in [6, 6.07) is 0. The topological polar surface area (TPSA) is 87.8 Å². The van der Waals surface area contributed by atoms with Gasteiger partial charge < -0.3 is 19.9 Å². The van der Waals surface area contributed by atoms with Crippen LogP contribution in [0.3, 0.4) is 0 Å². The predicted octanol–water partition coefficient (Wildman–Crippen LogP) is 3.48. The van der Waals surface area contributed by atoms with E-state index in [-0.39, 0.29) is 18.5 Å². The summed E-state index contributed by atoms with van der Waals surface area (Å²) in [7, 11) is 1.59. The fraction of sp³-hybridized carbons (Fsp3) is 0.500. The molecule has 0 fully saturated rings. The van der Waals surface area contributed by atoms with Gasteiger partial charge in [0, 0.05) is 17.5 Å². The van der Waals surface area contributed by atoms with Crippen LogP contribution in [0.2, 0.25) is 0 Å². The first kappa shape index (κ1) is 19.8. The lowest BCUT2D eigenvalue weighted by molar-refractivity contribution is -0.143. The van der Waals surface area contributed by atoms with E-state index in [0.717, 1.165) is 28.7 Å². The minimum absolute atomic E-state index is 0.187. The average Bonchev–Trinajstić information content (AvgIpc) is 3.02. The molecule has 6 nitrogen and oxygen atoms in total. The lowest BCUT2D eigenvalue weighted by Gasteiger charge is -2.16. The van der Waals surface area contributed by atoms with E-state index < -0.39 is 0 Å². The highest BCUT2D eigenvalue weighted by Gasteiger charge is 2.30. The molecule has 0 amide bonds. The lowest BCUT2D eigenvalue weighted by Crippen LogP contribution is -2.08. The number of fused-ring (bicyclic) bond motifs is 1. The van der Waals surface area contributed by atoms with Gasteiger partial charge in [0.15, 0.2) is 0 Å². The molecule has 1 heterocycles. The van der Waals surface area contributed by atoms with Gasteiger partial charge in [-0.05, 0) is 38.7 Å². The maximum atomic E-state index is 12.0. The van der Waals surface area contributed by atoms with E-state index in [0.29, 0.717) is 42.9 Å². The fourth-order valence-electron chi connectivity index (χ4n) is 3.05. The van der Waals surface area contributed by atoms with Crippen molar-refractivity contribution < 1.29 is 23.8 Å². The number of benzene rings is 1. The zero-order valence-electron chi connectivity index (χ0n) is 15.9. The Morgan fingerprint density at radius 2 is 2.08 bits per heavy atom. The van der Waals surface area contributed by atoms with Crippen molar-refractivity contribution in [1.29, 1.82) is 0 Å². The molecule has 1 aromatic carbocycles. The summed E-state index contributed by atoms with van der Waals surface area (Å²) in [6.07, 6.45) is 4.32. The van der Waals surface area contributed by atoms with Crippen molar-refractivity contribution in [2.45, 2.75) is 53.1 Å². The molecule has 0 saturated carbocycles. The van der Waals surface area contributed by atoms with Crippen molar-refractivity contribution in [1.82, 2.24) is 0 Å². The van der Waals surface area contributed by atoms with Crippen molar-refractivity contribution in [3.63, 3.8) is 0 Å². The number of nitrogen functional groups attached to an aromatic ring is 1. The number of carbonyl (C=O) groups excluding carboxylic acids is 2. The molecule has 142 valence electrons. The van der Waals surface area contributed by atoms with Gasteiger partial charge in [0.25, 0.3) is 0 Å². The molecule has 0 aromatic heterocycles. The highest BCUT2D eigenvalue weighted by Crippen LogP contribution is 2.39. The molecule has 0 spiro atoms. The second-order valence-corrected chi connectivity index (χ2v) is 6.46. The van der Waals surface area contributed by atoms with Crippen LogP contribution < -0.4 is 10.5 Å². The van der Waals surface area contributed by atoms with Crippen LogP contribution in [0.25, 0.3) is 0 Å². The van der Waals surface area contributed by atoms with E-state index in [1.807, 2.05) is 26.8 Å². The lowest BCUT2D eigenvalue weighted by atomic mass is 9.94. The molecule has 1 aliphatic heterocycles. The molecule has 6 heteroatoms. The Morgan fingerprint density at radius 1 is 1.35 bits per heavy atom. The highest BCUT2D eigenvalue weighted by molar-refractivity contribution is 6.00. The van der Waals surface area contributed by atoms with Crippen molar-refractivity contribution in [3.05, 3.63) is 33.9 Å². The van der Waals surface area contributed by atoms with Crippen LogP contribution in [0, 0.1) is 6.92 Å². The summed E-state index contributed by atoms with van der Waals surface area (Å²) >= 11 is 0. The molecule has 2 N–H and O–H groups in total. The minimum Gasteiger partial charge on any atom is -0.496 e. The molecule has 1 aromatic rings. The Kier molecular flexibility index (Phi) is 6.66. The van der Waals surface area contributed by atoms with Crippen molar-refractivity contribution in [3.8, 4) is 5.75 Å². The molecule has 1 aliphatic rings. The van der Waals surface area contributed by atoms with Gasteiger partial charge in [-0.25, -0.2) is 4.79 Å². The maximum Gasteiger partial charge on any atom is 0.341 e. The molecule has 0 saturated heterocycles. The number of anilines is 1. The number of hydrogen-bond acceptors (Lipinski definition) is 6. The second kappa shape index (κ2) is 8.74. The maximum absolute atomic E-state index is 12.0. The zero-order chi connectivity index (χ0) is 19.3. The van der Waals surface area contributed by atoms with E-state index in [4.69, 9.17) is 19.9 Å². The molecule has 0 unspecified atom stereocenters. The third-order valence-electron chi connectivity index (χ3n) is 4.56. The Morgan fingerprint density at radius 3 is 2.73 bits per heavy atom. The van der Waals surface area contributed by atoms with Crippen molar-refractivity contribution in [2.75, 3.05) is 19.5 Å². The van der Waals surface area contributed by atoms with Crippen LogP contribution >= 0.6 is 0 Å².